The van der Waals surface area contributed by atoms with E-state index in [1.165, 1.54) is 32.1 Å². The lowest BCUT2D eigenvalue weighted by atomic mass is 9.98. The summed E-state index contributed by atoms with van der Waals surface area (Å²) in [6, 6.07) is 0. The number of rotatable bonds is 7. The van der Waals surface area contributed by atoms with Gasteiger partial charge >= 0.3 is 0 Å². The number of ether oxygens (including phenoxy) is 1. The molecule has 84 valence electrons. The van der Waals surface area contributed by atoms with Crippen molar-refractivity contribution in [2.45, 2.75) is 44.6 Å². The Kier molecular flexibility index (Phi) is 7.55. The fourth-order valence-corrected chi connectivity index (χ4v) is 2.04. The van der Waals surface area contributed by atoms with Crippen molar-refractivity contribution in [1.29, 1.82) is 0 Å². The molecule has 0 spiro atoms. The Morgan fingerprint density at radius 2 is 1.93 bits per heavy atom. The highest BCUT2D eigenvalue weighted by molar-refractivity contribution is 7.80. The predicted molar refractivity (Wildman–Crippen MR) is 64.2 cm³/mol. The summed E-state index contributed by atoms with van der Waals surface area (Å²) in [5.74, 6) is 0.920. The highest BCUT2D eigenvalue weighted by atomic mass is 32.1. The summed E-state index contributed by atoms with van der Waals surface area (Å²) in [6.45, 7) is 2.99. The van der Waals surface area contributed by atoms with E-state index in [9.17, 15) is 0 Å². The van der Waals surface area contributed by atoms with Crippen LogP contribution in [-0.4, -0.2) is 31.6 Å². The summed E-state index contributed by atoms with van der Waals surface area (Å²) < 4.78 is 5.80. The van der Waals surface area contributed by atoms with Crippen molar-refractivity contribution in [2.75, 3.05) is 25.4 Å². The number of nitrogens with one attached hydrogen (secondary N) is 1. The van der Waals surface area contributed by atoms with Crippen LogP contribution in [0.1, 0.15) is 38.5 Å². The number of hydrogen-bond donors (Lipinski definition) is 2. The van der Waals surface area contributed by atoms with Crippen LogP contribution in [0, 0.1) is 0 Å². The molecule has 14 heavy (non-hydrogen) atoms. The molecule has 1 N–H and O–H groups in total. The maximum Gasteiger partial charge on any atom is 0.0575 e. The van der Waals surface area contributed by atoms with Crippen molar-refractivity contribution in [1.82, 2.24) is 5.32 Å². The van der Waals surface area contributed by atoms with Gasteiger partial charge in [-0.15, -0.1) is 0 Å². The molecule has 1 aliphatic rings. The topological polar surface area (TPSA) is 21.3 Å². The maximum atomic E-state index is 5.80. The second-order valence-electron chi connectivity index (χ2n) is 3.96. The van der Waals surface area contributed by atoms with E-state index in [4.69, 9.17) is 4.74 Å². The van der Waals surface area contributed by atoms with Crippen molar-refractivity contribution in [3.05, 3.63) is 0 Å². The molecular weight excluding hydrogens is 194 g/mol. The van der Waals surface area contributed by atoms with Gasteiger partial charge in [-0.1, -0.05) is 19.3 Å². The largest absolute Gasteiger partial charge is 0.378 e. The number of hydrogen-bond acceptors (Lipinski definition) is 3. The minimum atomic E-state index is 0.564. The Balaban J connectivity index is 1.82. The van der Waals surface area contributed by atoms with Gasteiger partial charge in [0.1, 0.15) is 0 Å². The van der Waals surface area contributed by atoms with E-state index in [1.807, 2.05) is 0 Å². The lowest BCUT2D eigenvalue weighted by Gasteiger charge is -2.21. The molecule has 0 atom stereocenters. The van der Waals surface area contributed by atoms with Crippen molar-refractivity contribution in [2.24, 2.45) is 0 Å². The van der Waals surface area contributed by atoms with Crippen LogP contribution in [0.15, 0.2) is 0 Å². The lowest BCUT2D eigenvalue weighted by molar-refractivity contribution is 0.0274. The van der Waals surface area contributed by atoms with Crippen LogP contribution in [0.2, 0.25) is 0 Å². The molecule has 0 unspecified atom stereocenters. The van der Waals surface area contributed by atoms with Crippen LogP contribution in [0.5, 0.6) is 0 Å². The van der Waals surface area contributed by atoms with E-state index in [0.717, 1.165) is 31.9 Å². The van der Waals surface area contributed by atoms with E-state index in [0.29, 0.717) is 6.10 Å². The van der Waals surface area contributed by atoms with E-state index < -0.39 is 0 Å². The molecule has 1 fully saturated rings. The summed E-state index contributed by atoms with van der Waals surface area (Å²) >= 11 is 4.14. The second kappa shape index (κ2) is 8.57. The van der Waals surface area contributed by atoms with Gasteiger partial charge < -0.3 is 10.1 Å². The van der Waals surface area contributed by atoms with E-state index in [-0.39, 0.29) is 0 Å². The van der Waals surface area contributed by atoms with Gasteiger partial charge in [-0.3, -0.25) is 0 Å². The molecule has 0 saturated heterocycles. The van der Waals surface area contributed by atoms with Crippen LogP contribution in [0.25, 0.3) is 0 Å². The van der Waals surface area contributed by atoms with E-state index in [2.05, 4.69) is 17.9 Å². The average molecular weight is 217 g/mol. The van der Waals surface area contributed by atoms with Gasteiger partial charge in [0, 0.05) is 18.9 Å². The first-order valence-electron chi connectivity index (χ1n) is 5.86. The summed E-state index contributed by atoms with van der Waals surface area (Å²) in [7, 11) is 0. The molecule has 0 aromatic carbocycles. The van der Waals surface area contributed by atoms with Gasteiger partial charge in [-0.05, 0) is 25.8 Å². The normalized spacial score (nSPS) is 18.6. The maximum absolute atomic E-state index is 5.80. The average Bonchev–Trinajstić information content (AvgIpc) is 2.25. The second-order valence-corrected chi connectivity index (χ2v) is 4.41. The molecule has 0 aromatic heterocycles. The third kappa shape index (κ3) is 5.89. The van der Waals surface area contributed by atoms with Crippen molar-refractivity contribution >= 4 is 12.6 Å². The van der Waals surface area contributed by atoms with Gasteiger partial charge in [0.15, 0.2) is 0 Å². The molecule has 0 radical (unpaired) electrons. The van der Waals surface area contributed by atoms with Crippen LogP contribution in [0.4, 0.5) is 0 Å². The molecular formula is C11H23NOS. The first kappa shape index (κ1) is 12.3. The van der Waals surface area contributed by atoms with Gasteiger partial charge in [0.05, 0.1) is 6.10 Å². The van der Waals surface area contributed by atoms with Crippen molar-refractivity contribution in [3.63, 3.8) is 0 Å². The monoisotopic (exact) mass is 217 g/mol. The highest BCUT2D eigenvalue weighted by Gasteiger charge is 2.12. The summed E-state index contributed by atoms with van der Waals surface area (Å²) in [4.78, 5) is 0. The van der Waals surface area contributed by atoms with Gasteiger partial charge in [0.25, 0.3) is 0 Å². The standard InChI is InChI=1S/C11H23NOS/c14-10-8-12-7-4-9-13-11-5-2-1-3-6-11/h11-12,14H,1-10H2. The molecule has 1 rings (SSSR count). The van der Waals surface area contributed by atoms with Gasteiger partial charge in [-0.2, -0.15) is 12.6 Å². The zero-order valence-corrected chi connectivity index (χ0v) is 9.90. The fourth-order valence-electron chi connectivity index (χ4n) is 1.88. The zero-order chi connectivity index (χ0) is 10.1. The minimum absolute atomic E-state index is 0.564. The highest BCUT2D eigenvalue weighted by Crippen LogP contribution is 2.20. The molecule has 1 saturated carbocycles. The third-order valence-electron chi connectivity index (χ3n) is 2.69. The molecule has 0 aliphatic heterocycles. The Bertz CT molecular complexity index is 126. The molecule has 2 nitrogen and oxygen atoms in total. The molecule has 0 bridgehead atoms. The molecule has 1 aliphatic carbocycles. The zero-order valence-electron chi connectivity index (χ0n) is 9.00. The molecule has 0 heterocycles. The summed E-state index contributed by atoms with van der Waals surface area (Å²) in [5.41, 5.74) is 0. The first-order chi connectivity index (χ1) is 6.93. The first-order valence-corrected chi connectivity index (χ1v) is 6.50. The predicted octanol–water partition coefficient (Wildman–Crippen LogP) is 2.25. The molecule has 0 amide bonds. The third-order valence-corrected chi connectivity index (χ3v) is 2.92. The Labute approximate surface area is 93.2 Å². The molecule has 0 aromatic rings. The molecule has 3 heteroatoms. The SMILES string of the molecule is SCCNCCCOC1CCCCC1. The van der Waals surface area contributed by atoms with Crippen LogP contribution < -0.4 is 5.32 Å². The van der Waals surface area contributed by atoms with E-state index in [1.54, 1.807) is 0 Å². The van der Waals surface area contributed by atoms with Crippen LogP contribution >= 0.6 is 12.6 Å². The van der Waals surface area contributed by atoms with Crippen molar-refractivity contribution in [3.8, 4) is 0 Å². The van der Waals surface area contributed by atoms with E-state index >= 15 is 0 Å². The summed E-state index contributed by atoms with van der Waals surface area (Å²) in [5, 5.41) is 3.32. The summed E-state index contributed by atoms with van der Waals surface area (Å²) in [6.07, 6.45) is 8.39. The Hall–Kier alpha value is 0.270. The van der Waals surface area contributed by atoms with Gasteiger partial charge in [0.2, 0.25) is 0 Å². The number of thiol groups is 1. The smallest absolute Gasteiger partial charge is 0.0575 e. The minimum Gasteiger partial charge on any atom is -0.378 e. The van der Waals surface area contributed by atoms with Crippen LogP contribution in [-0.2, 0) is 4.74 Å². The lowest BCUT2D eigenvalue weighted by Crippen LogP contribution is -2.22. The van der Waals surface area contributed by atoms with Crippen molar-refractivity contribution < 1.29 is 4.74 Å². The van der Waals surface area contributed by atoms with Crippen LogP contribution in [0.3, 0.4) is 0 Å². The quantitative estimate of drug-likeness (QED) is 0.504. The fraction of sp³-hybridized carbons (Fsp3) is 1.00. The Morgan fingerprint density at radius 1 is 1.14 bits per heavy atom. The van der Waals surface area contributed by atoms with Gasteiger partial charge in [-0.25, -0.2) is 0 Å². The Morgan fingerprint density at radius 3 is 2.64 bits per heavy atom.